The van der Waals surface area contributed by atoms with Gasteiger partial charge in [0, 0.05) is 42.0 Å². The minimum atomic E-state index is -0.407. The molecule has 2 heterocycles. The van der Waals surface area contributed by atoms with Crippen molar-refractivity contribution in [3.63, 3.8) is 0 Å². The number of nitrogens with one attached hydrogen (secondary N) is 1. The molecule has 150 valence electrons. The molecular weight excluding hydrogens is 395 g/mol. The average Bonchev–Trinajstić information content (AvgIpc) is 3.22. The quantitative estimate of drug-likeness (QED) is 0.695. The predicted octanol–water partition coefficient (Wildman–Crippen LogP) is 3.43. The van der Waals surface area contributed by atoms with Crippen molar-refractivity contribution in [3.8, 4) is 5.69 Å². The first-order chi connectivity index (χ1) is 14.1. The van der Waals surface area contributed by atoms with Crippen molar-refractivity contribution in [2.24, 2.45) is 0 Å². The number of hydrogen-bond acceptors (Lipinski definition) is 4. The first kappa shape index (κ1) is 19.4. The lowest BCUT2D eigenvalue weighted by atomic mass is 10.1. The largest absolute Gasteiger partial charge is 0.378 e. The van der Waals surface area contributed by atoms with Crippen molar-refractivity contribution in [3.05, 3.63) is 76.8 Å². The van der Waals surface area contributed by atoms with Crippen molar-refractivity contribution < 1.29 is 13.9 Å². The van der Waals surface area contributed by atoms with E-state index in [0.717, 1.165) is 11.3 Å². The first-order valence-corrected chi connectivity index (χ1v) is 9.68. The SMILES string of the molecule is O=C(NCc1cnn(-c2ccc(Cl)cc2)c1)c1ccc(N2CCOCC2)c(F)c1. The van der Waals surface area contributed by atoms with Gasteiger partial charge in [-0.1, -0.05) is 11.6 Å². The molecule has 0 radical (unpaired) electrons. The molecule has 0 bridgehead atoms. The van der Waals surface area contributed by atoms with E-state index in [1.54, 1.807) is 35.1 Å². The van der Waals surface area contributed by atoms with Crippen LogP contribution in [-0.4, -0.2) is 42.0 Å². The summed E-state index contributed by atoms with van der Waals surface area (Å²) in [5, 5.41) is 7.75. The van der Waals surface area contributed by atoms with E-state index in [1.807, 2.05) is 23.2 Å². The number of morpholine rings is 1. The van der Waals surface area contributed by atoms with E-state index >= 15 is 0 Å². The second kappa shape index (κ2) is 8.63. The van der Waals surface area contributed by atoms with Crippen LogP contribution in [0.3, 0.4) is 0 Å². The van der Waals surface area contributed by atoms with Gasteiger partial charge >= 0.3 is 0 Å². The summed E-state index contributed by atoms with van der Waals surface area (Å²) < 4.78 is 21.5. The van der Waals surface area contributed by atoms with Crippen LogP contribution in [0.5, 0.6) is 0 Å². The summed E-state index contributed by atoms with van der Waals surface area (Å²) in [6, 6.07) is 11.9. The Morgan fingerprint density at radius 3 is 2.66 bits per heavy atom. The van der Waals surface area contributed by atoms with Crippen LogP contribution in [0, 0.1) is 5.82 Å². The summed E-state index contributed by atoms with van der Waals surface area (Å²) in [5.41, 5.74) is 2.48. The minimum Gasteiger partial charge on any atom is -0.378 e. The zero-order valence-corrected chi connectivity index (χ0v) is 16.4. The molecule has 0 aliphatic carbocycles. The maximum Gasteiger partial charge on any atom is 0.251 e. The van der Waals surface area contributed by atoms with E-state index in [1.165, 1.54) is 6.07 Å². The number of hydrogen-bond donors (Lipinski definition) is 1. The van der Waals surface area contributed by atoms with Gasteiger partial charge in [-0.2, -0.15) is 5.10 Å². The number of carbonyl (C=O) groups is 1. The van der Waals surface area contributed by atoms with Crippen LogP contribution >= 0.6 is 11.6 Å². The number of rotatable bonds is 5. The Bertz CT molecular complexity index is 1000. The zero-order valence-electron chi connectivity index (χ0n) is 15.6. The molecule has 3 aromatic rings. The summed E-state index contributed by atoms with van der Waals surface area (Å²) in [6.07, 6.45) is 3.50. The van der Waals surface area contributed by atoms with Crippen molar-refractivity contribution in [2.75, 3.05) is 31.2 Å². The van der Waals surface area contributed by atoms with Crippen LogP contribution in [0.1, 0.15) is 15.9 Å². The van der Waals surface area contributed by atoms with Gasteiger partial charge in [0.1, 0.15) is 5.82 Å². The highest BCUT2D eigenvalue weighted by Gasteiger charge is 2.17. The molecule has 0 spiro atoms. The standard InChI is InChI=1S/C21H20ClFN4O2/c22-17-2-4-18(5-3-17)27-14-15(13-25-27)12-24-21(28)16-1-6-20(19(23)11-16)26-7-9-29-10-8-26/h1-6,11,13-14H,7-10,12H2,(H,24,28). The molecule has 1 aromatic heterocycles. The van der Waals surface area contributed by atoms with Crippen LogP contribution in [-0.2, 0) is 11.3 Å². The average molecular weight is 415 g/mol. The molecule has 1 amide bonds. The maximum atomic E-state index is 14.5. The van der Waals surface area contributed by atoms with E-state index in [4.69, 9.17) is 16.3 Å². The van der Waals surface area contributed by atoms with Gasteiger partial charge in [-0.05, 0) is 42.5 Å². The lowest BCUT2D eigenvalue weighted by Crippen LogP contribution is -2.36. The number of carbonyl (C=O) groups excluding carboxylic acids is 1. The van der Waals surface area contributed by atoms with E-state index in [2.05, 4.69) is 10.4 Å². The molecule has 1 fully saturated rings. The lowest BCUT2D eigenvalue weighted by Gasteiger charge is -2.29. The summed E-state index contributed by atoms with van der Waals surface area (Å²) >= 11 is 5.90. The van der Waals surface area contributed by atoms with Gasteiger partial charge in [0.15, 0.2) is 0 Å². The maximum absolute atomic E-state index is 14.5. The third-order valence-corrected chi connectivity index (χ3v) is 4.99. The number of ether oxygens (including phenoxy) is 1. The Morgan fingerprint density at radius 2 is 1.93 bits per heavy atom. The predicted molar refractivity (Wildman–Crippen MR) is 109 cm³/mol. The Balaban J connectivity index is 1.38. The third kappa shape index (κ3) is 4.58. The van der Waals surface area contributed by atoms with Gasteiger partial charge < -0.3 is 15.0 Å². The van der Waals surface area contributed by atoms with E-state index < -0.39 is 5.82 Å². The van der Waals surface area contributed by atoms with Gasteiger partial charge in [0.25, 0.3) is 5.91 Å². The van der Waals surface area contributed by atoms with Crippen LogP contribution < -0.4 is 10.2 Å². The molecule has 6 nitrogen and oxygen atoms in total. The Kier molecular flexibility index (Phi) is 5.78. The molecule has 1 aliphatic rings. The zero-order chi connectivity index (χ0) is 20.2. The van der Waals surface area contributed by atoms with Crippen molar-refractivity contribution in [2.45, 2.75) is 6.54 Å². The molecule has 29 heavy (non-hydrogen) atoms. The minimum absolute atomic E-state index is 0.282. The monoisotopic (exact) mass is 414 g/mol. The normalized spacial score (nSPS) is 14.1. The Labute approximate surface area is 172 Å². The van der Waals surface area contributed by atoms with Crippen LogP contribution in [0.4, 0.5) is 10.1 Å². The van der Waals surface area contributed by atoms with Gasteiger partial charge in [0.05, 0.1) is 30.8 Å². The highest BCUT2D eigenvalue weighted by atomic mass is 35.5. The topological polar surface area (TPSA) is 59.4 Å². The summed E-state index contributed by atoms with van der Waals surface area (Å²) in [6.45, 7) is 2.72. The van der Waals surface area contributed by atoms with Crippen LogP contribution in [0.15, 0.2) is 54.9 Å². The molecular formula is C21H20ClFN4O2. The number of anilines is 1. The van der Waals surface area contributed by atoms with E-state index in [0.29, 0.717) is 43.6 Å². The molecule has 1 saturated heterocycles. The third-order valence-electron chi connectivity index (χ3n) is 4.74. The van der Waals surface area contributed by atoms with Gasteiger partial charge in [0.2, 0.25) is 0 Å². The summed E-state index contributed by atoms with van der Waals surface area (Å²) in [7, 11) is 0. The number of nitrogens with zero attached hydrogens (tertiary/aromatic N) is 3. The number of benzene rings is 2. The second-order valence-electron chi connectivity index (χ2n) is 6.72. The Morgan fingerprint density at radius 1 is 1.17 bits per heavy atom. The fraction of sp³-hybridized carbons (Fsp3) is 0.238. The van der Waals surface area contributed by atoms with Crippen LogP contribution in [0.2, 0.25) is 5.02 Å². The van der Waals surface area contributed by atoms with Crippen molar-refractivity contribution in [1.29, 1.82) is 0 Å². The number of aromatic nitrogens is 2. The lowest BCUT2D eigenvalue weighted by molar-refractivity contribution is 0.0950. The Hall–Kier alpha value is -2.90. The van der Waals surface area contributed by atoms with Gasteiger partial charge in [-0.15, -0.1) is 0 Å². The fourth-order valence-corrected chi connectivity index (χ4v) is 3.31. The highest BCUT2D eigenvalue weighted by molar-refractivity contribution is 6.30. The molecule has 0 saturated carbocycles. The molecule has 0 unspecified atom stereocenters. The first-order valence-electron chi connectivity index (χ1n) is 9.30. The molecule has 4 rings (SSSR count). The van der Waals surface area contributed by atoms with Crippen molar-refractivity contribution >= 4 is 23.2 Å². The van der Waals surface area contributed by atoms with E-state index in [9.17, 15) is 9.18 Å². The molecule has 2 aromatic carbocycles. The van der Waals surface area contributed by atoms with Crippen molar-refractivity contribution in [1.82, 2.24) is 15.1 Å². The molecule has 1 N–H and O–H groups in total. The summed E-state index contributed by atoms with van der Waals surface area (Å²) in [5.74, 6) is -0.744. The molecule has 8 heteroatoms. The van der Waals surface area contributed by atoms with E-state index in [-0.39, 0.29) is 11.5 Å². The summed E-state index contributed by atoms with van der Waals surface area (Å²) in [4.78, 5) is 14.3. The fourth-order valence-electron chi connectivity index (χ4n) is 3.18. The van der Waals surface area contributed by atoms with Gasteiger partial charge in [-0.3, -0.25) is 4.79 Å². The highest BCUT2D eigenvalue weighted by Crippen LogP contribution is 2.21. The number of halogens is 2. The smallest absolute Gasteiger partial charge is 0.251 e. The molecule has 1 aliphatic heterocycles. The number of amides is 1. The molecule has 0 atom stereocenters. The van der Waals surface area contributed by atoms with Gasteiger partial charge in [-0.25, -0.2) is 9.07 Å². The second-order valence-corrected chi connectivity index (χ2v) is 7.15. The van der Waals surface area contributed by atoms with Crippen LogP contribution in [0.25, 0.3) is 5.69 Å².